The van der Waals surface area contributed by atoms with Crippen LogP contribution in [-0.2, 0) is 6.54 Å². The van der Waals surface area contributed by atoms with Crippen molar-refractivity contribution >= 4 is 22.9 Å². The summed E-state index contributed by atoms with van der Waals surface area (Å²) < 4.78 is 27.4. The van der Waals surface area contributed by atoms with Crippen molar-refractivity contribution in [2.45, 2.75) is 13.5 Å². The molecule has 0 aliphatic carbocycles. The smallest absolute Gasteiger partial charge is 0.277 e. The number of nitrogens with zero attached hydrogens (tertiary/aromatic N) is 2. The minimum absolute atomic E-state index is 0.0260. The van der Waals surface area contributed by atoms with Crippen LogP contribution >= 0.6 is 11.3 Å². The van der Waals surface area contributed by atoms with E-state index in [2.05, 4.69) is 4.98 Å². The number of pyridine rings is 1. The third kappa shape index (κ3) is 3.49. The van der Waals surface area contributed by atoms with E-state index in [9.17, 15) is 13.6 Å². The molecule has 24 heavy (non-hydrogen) atoms. The largest absolute Gasteiger partial charge is 0.299 e. The molecule has 0 N–H and O–H groups in total. The van der Waals surface area contributed by atoms with E-state index in [1.807, 2.05) is 17.5 Å². The lowest BCUT2D eigenvalue weighted by Crippen LogP contribution is -2.31. The summed E-state index contributed by atoms with van der Waals surface area (Å²) >= 11 is 1.46. The molecule has 1 amide bonds. The first kappa shape index (κ1) is 16.3. The Hall–Kier alpha value is -2.60. The van der Waals surface area contributed by atoms with Crippen LogP contribution in [0.1, 0.15) is 21.1 Å². The van der Waals surface area contributed by atoms with Gasteiger partial charge in [-0.05, 0) is 42.6 Å². The van der Waals surface area contributed by atoms with E-state index in [0.29, 0.717) is 5.69 Å². The van der Waals surface area contributed by atoms with E-state index in [-0.39, 0.29) is 17.9 Å². The molecule has 0 aliphatic heterocycles. The Bertz CT molecular complexity index is 865. The Morgan fingerprint density at radius 2 is 2.00 bits per heavy atom. The number of amides is 1. The molecule has 0 bridgehead atoms. The summed E-state index contributed by atoms with van der Waals surface area (Å²) in [5, 5.41) is 1.88. The van der Waals surface area contributed by atoms with Crippen LogP contribution in [0.25, 0.3) is 0 Å². The molecule has 122 valence electrons. The average Bonchev–Trinajstić information content (AvgIpc) is 3.06. The Kier molecular flexibility index (Phi) is 4.66. The fraction of sp³-hybridized carbons (Fsp3) is 0.111. The van der Waals surface area contributed by atoms with Gasteiger partial charge in [0.2, 0.25) is 0 Å². The van der Waals surface area contributed by atoms with E-state index in [1.165, 1.54) is 22.3 Å². The molecule has 0 aliphatic rings. The number of hydrogen-bond acceptors (Lipinski definition) is 3. The molecule has 0 unspecified atom stereocenters. The second kappa shape index (κ2) is 6.88. The predicted molar refractivity (Wildman–Crippen MR) is 90.2 cm³/mol. The number of thiophene rings is 1. The molecule has 0 radical (unpaired) electrons. The molecule has 3 aromatic rings. The van der Waals surface area contributed by atoms with Gasteiger partial charge in [0.25, 0.3) is 5.91 Å². The fourth-order valence-corrected chi connectivity index (χ4v) is 3.02. The van der Waals surface area contributed by atoms with E-state index < -0.39 is 17.5 Å². The summed E-state index contributed by atoms with van der Waals surface area (Å²) in [4.78, 5) is 19.2. The SMILES string of the molecule is Cc1cccc(C(=O)N(Cc2cccs2)c2ccc(F)cc2F)n1. The standard InChI is InChI=1S/C18H14F2N2OS/c1-12-4-2-6-16(21-12)18(23)22(11-14-5-3-9-24-14)17-8-7-13(19)10-15(17)20/h2-10H,11H2,1H3. The molecule has 2 aromatic heterocycles. The maximum Gasteiger partial charge on any atom is 0.277 e. The van der Waals surface area contributed by atoms with Gasteiger partial charge in [-0.2, -0.15) is 0 Å². The number of benzene rings is 1. The van der Waals surface area contributed by atoms with Crippen molar-refractivity contribution in [2.24, 2.45) is 0 Å². The molecule has 0 saturated heterocycles. The van der Waals surface area contributed by atoms with Crippen LogP contribution in [0, 0.1) is 18.6 Å². The highest BCUT2D eigenvalue weighted by Crippen LogP contribution is 2.25. The molecule has 2 heterocycles. The van der Waals surface area contributed by atoms with E-state index in [4.69, 9.17) is 0 Å². The van der Waals surface area contributed by atoms with Crippen molar-refractivity contribution in [3.63, 3.8) is 0 Å². The minimum atomic E-state index is -0.785. The molecule has 0 spiro atoms. The van der Waals surface area contributed by atoms with Crippen molar-refractivity contribution in [1.82, 2.24) is 4.98 Å². The first-order chi connectivity index (χ1) is 11.5. The molecule has 0 atom stereocenters. The van der Waals surface area contributed by atoms with Crippen LogP contribution in [-0.4, -0.2) is 10.9 Å². The van der Waals surface area contributed by atoms with Gasteiger partial charge in [-0.25, -0.2) is 13.8 Å². The first-order valence-electron chi connectivity index (χ1n) is 7.27. The summed E-state index contributed by atoms with van der Waals surface area (Å²) in [6.45, 7) is 1.97. The number of aryl methyl sites for hydroxylation is 1. The maximum absolute atomic E-state index is 14.2. The highest BCUT2D eigenvalue weighted by atomic mass is 32.1. The summed E-state index contributed by atoms with van der Waals surface area (Å²) in [5.74, 6) is -1.90. The predicted octanol–water partition coefficient (Wildman–Crippen LogP) is 4.58. The molecular formula is C18H14F2N2OS. The lowest BCUT2D eigenvalue weighted by molar-refractivity contribution is 0.0979. The van der Waals surface area contributed by atoms with Crippen LogP contribution in [0.2, 0.25) is 0 Å². The number of carbonyl (C=O) groups excluding carboxylic acids is 1. The number of carbonyl (C=O) groups is 1. The zero-order valence-corrected chi connectivity index (χ0v) is 13.7. The van der Waals surface area contributed by atoms with Crippen molar-refractivity contribution in [1.29, 1.82) is 0 Å². The van der Waals surface area contributed by atoms with Gasteiger partial charge in [-0.1, -0.05) is 12.1 Å². The lowest BCUT2D eigenvalue weighted by Gasteiger charge is -2.22. The van der Waals surface area contributed by atoms with Crippen molar-refractivity contribution < 1.29 is 13.6 Å². The van der Waals surface area contributed by atoms with Crippen molar-refractivity contribution in [2.75, 3.05) is 4.90 Å². The van der Waals surface area contributed by atoms with Crippen LogP contribution in [0.15, 0.2) is 53.9 Å². The molecular weight excluding hydrogens is 330 g/mol. The topological polar surface area (TPSA) is 33.2 Å². The maximum atomic E-state index is 14.2. The van der Waals surface area contributed by atoms with E-state index >= 15 is 0 Å². The number of rotatable bonds is 4. The fourth-order valence-electron chi connectivity index (χ4n) is 2.33. The van der Waals surface area contributed by atoms with E-state index in [1.54, 1.807) is 25.1 Å². The van der Waals surface area contributed by atoms with E-state index in [0.717, 1.165) is 17.0 Å². The Labute approximate surface area is 142 Å². The number of halogens is 2. The zero-order valence-electron chi connectivity index (χ0n) is 12.9. The third-order valence-electron chi connectivity index (χ3n) is 3.45. The highest BCUT2D eigenvalue weighted by Gasteiger charge is 2.23. The monoisotopic (exact) mass is 344 g/mol. The van der Waals surface area contributed by atoms with Gasteiger partial charge < -0.3 is 0 Å². The molecule has 3 rings (SSSR count). The van der Waals surface area contributed by atoms with Gasteiger partial charge >= 0.3 is 0 Å². The zero-order chi connectivity index (χ0) is 17.1. The summed E-state index contributed by atoms with van der Waals surface area (Å²) in [6.07, 6.45) is 0. The van der Waals surface area contributed by atoms with Crippen LogP contribution in [0.5, 0.6) is 0 Å². The number of hydrogen-bond donors (Lipinski definition) is 0. The van der Waals surface area contributed by atoms with Gasteiger partial charge in [-0.3, -0.25) is 9.69 Å². The summed E-state index contributed by atoms with van der Waals surface area (Å²) in [7, 11) is 0. The number of anilines is 1. The Balaban J connectivity index is 2.02. The van der Waals surface area contributed by atoms with Gasteiger partial charge in [0, 0.05) is 16.6 Å². The van der Waals surface area contributed by atoms with Crippen molar-refractivity contribution in [3.05, 3.63) is 81.8 Å². The summed E-state index contributed by atoms with van der Waals surface area (Å²) in [6, 6.07) is 12.0. The molecule has 1 aromatic carbocycles. The Morgan fingerprint density at radius 1 is 1.17 bits per heavy atom. The van der Waals surface area contributed by atoms with Crippen LogP contribution < -0.4 is 4.90 Å². The van der Waals surface area contributed by atoms with Gasteiger partial charge in [0.1, 0.15) is 17.3 Å². The quantitative estimate of drug-likeness (QED) is 0.694. The average molecular weight is 344 g/mol. The second-order valence-corrected chi connectivity index (χ2v) is 6.26. The molecule has 6 heteroatoms. The van der Waals surface area contributed by atoms with Crippen molar-refractivity contribution in [3.8, 4) is 0 Å². The molecule has 0 saturated carbocycles. The second-order valence-electron chi connectivity index (χ2n) is 5.23. The van der Waals surface area contributed by atoms with Gasteiger partial charge in [0.15, 0.2) is 0 Å². The third-order valence-corrected chi connectivity index (χ3v) is 4.31. The summed E-state index contributed by atoms with van der Waals surface area (Å²) in [5.41, 5.74) is 0.935. The molecule has 3 nitrogen and oxygen atoms in total. The minimum Gasteiger partial charge on any atom is -0.299 e. The number of aromatic nitrogens is 1. The van der Waals surface area contributed by atoms with Gasteiger partial charge in [-0.15, -0.1) is 11.3 Å². The van der Waals surface area contributed by atoms with Crippen LogP contribution in [0.3, 0.4) is 0 Å². The molecule has 0 fully saturated rings. The van der Waals surface area contributed by atoms with Crippen LogP contribution in [0.4, 0.5) is 14.5 Å². The highest BCUT2D eigenvalue weighted by molar-refractivity contribution is 7.09. The van der Waals surface area contributed by atoms with Gasteiger partial charge in [0.05, 0.1) is 12.2 Å². The normalized spacial score (nSPS) is 10.6. The Morgan fingerprint density at radius 3 is 2.67 bits per heavy atom. The first-order valence-corrected chi connectivity index (χ1v) is 8.15. The lowest BCUT2D eigenvalue weighted by atomic mass is 10.2.